The van der Waals surface area contributed by atoms with Gasteiger partial charge in [-0.05, 0) is 61.0 Å². The summed E-state index contributed by atoms with van der Waals surface area (Å²) in [5, 5.41) is 0. The third-order valence-electron chi connectivity index (χ3n) is 5.44. The number of alkyl halides is 3. The predicted molar refractivity (Wildman–Crippen MR) is 128 cm³/mol. The monoisotopic (exact) mass is 538 g/mol. The first-order valence-corrected chi connectivity index (χ1v) is 13.5. The maximum atomic E-state index is 12.8. The van der Waals surface area contributed by atoms with Gasteiger partial charge >= 0.3 is 5.51 Å². The van der Waals surface area contributed by atoms with Crippen molar-refractivity contribution in [2.75, 3.05) is 16.3 Å². The predicted octanol–water partition coefficient (Wildman–Crippen LogP) is 4.32. The molecule has 8 nitrogen and oxygen atoms in total. The standard InChI is InChI=1S/C23H21F3N4O4S2/c1-17-14-30(19-7-9-20(10-8-19)35(31,32)23(24,25)26)16-29(17)15-18-11-12-27-22(13-18)28-36(33,34)21-5-3-2-4-6-21/h2-14H,15-16H2,1H3,(H,27,28). The van der Waals surface area contributed by atoms with E-state index in [2.05, 4.69) is 9.71 Å². The van der Waals surface area contributed by atoms with Crippen LogP contribution >= 0.6 is 0 Å². The molecule has 2 aromatic carbocycles. The fourth-order valence-corrected chi connectivity index (χ4v) is 5.35. The summed E-state index contributed by atoms with van der Waals surface area (Å²) >= 11 is 0. The molecule has 13 heteroatoms. The first-order valence-electron chi connectivity index (χ1n) is 10.5. The molecule has 0 unspecified atom stereocenters. The number of rotatable bonds is 7. The van der Waals surface area contributed by atoms with Crippen LogP contribution in [-0.2, 0) is 26.4 Å². The Bertz CT molecular complexity index is 1490. The smallest absolute Gasteiger partial charge is 0.351 e. The zero-order valence-electron chi connectivity index (χ0n) is 18.8. The van der Waals surface area contributed by atoms with Crippen LogP contribution in [-0.4, -0.2) is 38.9 Å². The van der Waals surface area contributed by atoms with Crippen molar-refractivity contribution in [3.05, 3.63) is 90.4 Å². The summed E-state index contributed by atoms with van der Waals surface area (Å²) in [6.07, 6.45) is 3.28. The Labute approximate surface area is 206 Å². The lowest BCUT2D eigenvalue weighted by molar-refractivity contribution is -0.0436. The molecule has 190 valence electrons. The second kappa shape index (κ2) is 9.47. The second-order valence-electron chi connectivity index (χ2n) is 7.99. The molecule has 0 saturated carbocycles. The maximum Gasteiger partial charge on any atom is 0.501 e. The molecule has 0 fully saturated rings. The van der Waals surface area contributed by atoms with E-state index in [-0.39, 0.29) is 10.7 Å². The molecule has 0 spiro atoms. The van der Waals surface area contributed by atoms with Crippen LogP contribution in [0.2, 0.25) is 0 Å². The average molecular weight is 539 g/mol. The number of anilines is 2. The quantitative estimate of drug-likeness (QED) is 0.478. The third-order valence-corrected chi connectivity index (χ3v) is 8.31. The molecule has 1 aliphatic rings. The van der Waals surface area contributed by atoms with Crippen LogP contribution in [0.1, 0.15) is 12.5 Å². The van der Waals surface area contributed by atoms with Crippen LogP contribution in [0.4, 0.5) is 24.7 Å². The number of hydrogen-bond acceptors (Lipinski definition) is 7. The van der Waals surface area contributed by atoms with Gasteiger partial charge in [0.25, 0.3) is 19.9 Å². The van der Waals surface area contributed by atoms with E-state index in [1.165, 1.54) is 30.5 Å². The van der Waals surface area contributed by atoms with Gasteiger partial charge in [0.1, 0.15) is 5.82 Å². The van der Waals surface area contributed by atoms with Crippen molar-refractivity contribution in [1.82, 2.24) is 9.88 Å². The van der Waals surface area contributed by atoms with Gasteiger partial charge in [-0.1, -0.05) is 18.2 Å². The van der Waals surface area contributed by atoms with E-state index >= 15 is 0 Å². The number of benzene rings is 2. The Kier molecular flexibility index (Phi) is 6.71. The van der Waals surface area contributed by atoms with Gasteiger partial charge in [-0.3, -0.25) is 4.72 Å². The number of pyridine rings is 1. The molecule has 3 aromatic rings. The van der Waals surface area contributed by atoms with E-state index in [0.29, 0.717) is 18.9 Å². The van der Waals surface area contributed by atoms with Crippen LogP contribution in [0.25, 0.3) is 0 Å². The Morgan fingerprint density at radius 1 is 0.944 bits per heavy atom. The van der Waals surface area contributed by atoms with Gasteiger partial charge in [0.05, 0.1) is 16.5 Å². The van der Waals surface area contributed by atoms with Crippen LogP contribution < -0.4 is 9.62 Å². The van der Waals surface area contributed by atoms with E-state index in [4.69, 9.17) is 0 Å². The minimum atomic E-state index is -5.41. The summed E-state index contributed by atoms with van der Waals surface area (Å²) in [6.45, 7) is 2.61. The van der Waals surface area contributed by atoms with Crippen LogP contribution in [0, 0.1) is 0 Å². The number of sulfone groups is 1. The Morgan fingerprint density at radius 2 is 1.61 bits per heavy atom. The Hall–Kier alpha value is -3.58. The van der Waals surface area contributed by atoms with E-state index in [0.717, 1.165) is 23.4 Å². The SMILES string of the molecule is CC1=CN(c2ccc(S(=O)(=O)C(F)(F)F)cc2)CN1Cc1ccnc(NS(=O)(=O)c2ccccc2)c1. The molecule has 0 atom stereocenters. The third kappa shape index (κ3) is 5.31. The molecule has 0 radical (unpaired) electrons. The number of hydrogen-bond donors (Lipinski definition) is 1. The van der Waals surface area contributed by atoms with Crippen molar-refractivity contribution < 1.29 is 30.0 Å². The van der Waals surface area contributed by atoms with Crippen LogP contribution in [0.15, 0.2) is 94.6 Å². The lowest BCUT2D eigenvalue weighted by Gasteiger charge is -2.23. The van der Waals surface area contributed by atoms with Crippen molar-refractivity contribution in [2.24, 2.45) is 0 Å². The lowest BCUT2D eigenvalue weighted by Crippen LogP contribution is -2.26. The molecule has 4 rings (SSSR count). The summed E-state index contributed by atoms with van der Waals surface area (Å²) in [4.78, 5) is 7.11. The average Bonchev–Trinajstić information content (AvgIpc) is 3.19. The van der Waals surface area contributed by atoms with Gasteiger partial charge in [-0.2, -0.15) is 13.2 Å². The van der Waals surface area contributed by atoms with E-state index in [1.54, 1.807) is 41.4 Å². The van der Waals surface area contributed by atoms with Crippen LogP contribution in [0.3, 0.4) is 0 Å². The van der Waals surface area contributed by atoms with Crippen molar-refractivity contribution in [3.63, 3.8) is 0 Å². The zero-order valence-corrected chi connectivity index (χ0v) is 20.5. The number of halogens is 3. The molecule has 0 amide bonds. The highest BCUT2D eigenvalue weighted by Gasteiger charge is 2.46. The highest BCUT2D eigenvalue weighted by Crippen LogP contribution is 2.32. The molecule has 36 heavy (non-hydrogen) atoms. The van der Waals surface area contributed by atoms with Gasteiger partial charge in [0.2, 0.25) is 0 Å². The number of sulfonamides is 1. The Balaban J connectivity index is 1.45. The Morgan fingerprint density at radius 3 is 2.25 bits per heavy atom. The maximum absolute atomic E-state index is 12.8. The van der Waals surface area contributed by atoms with Gasteiger partial charge in [0.15, 0.2) is 0 Å². The van der Waals surface area contributed by atoms with Gasteiger partial charge < -0.3 is 9.80 Å². The first kappa shape index (κ1) is 25.5. The highest BCUT2D eigenvalue weighted by atomic mass is 32.2. The van der Waals surface area contributed by atoms with Crippen molar-refractivity contribution >= 4 is 31.4 Å². The first-order chi connectivity index (χ1) is 16.9. The van der Waals surface area contributed by atoms with Gasteiger partial charge in [-0.25, -0.2) is 21.8 Å². The molecule has 0 bridgehead atoms. The molecule has 0 aliphatic carbocycles. The molecular formula is C23H21F3N4O4S2. The topological polar surface area (TPSA) is 99.7 Å². The number of nitrogens with one attached hydrogen (secondary N) is 1. The summed E-state index contributed by atoms with van der Waals surface area (Å²) in [6, 6.07) is 15.8. The van der Waals surface area contributed by atoms with Crippen molar-refractivity contribution in [2.45, 2.75) is 28.8 Å². The molecule has 1 N–H and O–H groups in total. The minimum absolute atomic E-state index is 0.111. The summed E-state index contributed by atoms with van der Waals surface area (Å²) in [5.74, 6) is 0.163. The van der Waals surface area contributed by atoms with Gasteiger partial charge in [-0.15, -0.1) is 0 Å². The highest BCUT2D eigenvalue weighted by molar-refractivity contribution is 7.92. The zero-order chi connectivity index (χ0) is 26.1. The normalized spacial score (nSPS) is 14.6. The summed E-state index contributed by atoms with van der Waals surface area (Å²) < 4.78 is 89.1. The fourth-order valence-electron chi connectivity index (χ4n) is 3.57. The minimum Gasteiger partial charge on any atom is -0.351 e. The molecule has 2 heterocycles. The van der Waals surface area contributed by atoms with E-state index < -0.39 is 30.3 Å². The number of nitrogens with zero attached hydrogens (tertiary/aromatic N) is 3. The van der Waals surface area contributed by atoms with Crippen LogP contribution in [0.5, 0.6) is 0 Å². The molecule has 0 saturated heterocycles. The fraction of sp³-hybridized carbons (Fsp3) is 0.174. The van der Waals surface area contributed by atoms with E-state index in [1.807, 2.05) is 11.8 Å². The van der Waals surface area contributed by atoms with E-state index in [9.17, 15) is 30.0 Å². The largest absolute Gasteiger partial charge is 0.501 e. The van der Waals surface area contributed by atoms with Crippen molar-refractivity contribution in [1.29, 1.82) is 0 Å². The molecular weight excluding hydrogens is 517 g/mol. The number of aromatic nitrogens is 1. The molecule has 1 aliphatic heterocycles. The summed E-state index contributed by atoms with van der Waals surface area (Å²) in [5.41, 5.74) is -3.22. The second-order valence-corrected chi connectivity index (χ2v) is 11.6. The molecule has 1 aromatic heterocycles. The van der Waals surface area contributed by atoms with Crippen molar-refractivity contribution in [3.8, 4) is 0 Å². The van der Waals surface area contributed by atoms with Gasteiger partial charge in [0, 0.05) is 30.3 Å². The summed E-state index contributed by atoms with van der Waals surface area (Å²) in [7, 11) is -9.21. The number of allylic oxidation sites excluding steroid dienone is 1. The lowest BCUT2D eigenvalue weighted by atomic mass is 10.2.